The lowest BCUT2D eigenvalue weighted by Crippen LogP contribution is -1.86. The van der Waals surface area contributed by atoms with Crippen molar-refractivity contribution in [3.63, 3.8) is 0 Å². The molecular weight excluding hydrogens is 310 g/mol. The average Bonchev–Trinajstić information content (AvgIpc) is 2.70. The molecule has 1 aromatic carbocycles. The van der Waals surface area contributed by atoms with E-state index in [-0.39, 0.29) is 12.4 Å². The highest BCUT2D eigenvalue weighted by molar-refractivity contribution is 14.1. The zero-order valence-corrected chi connectivity index (χ0v) is 9.82. The smallest absolute Gasteiger partial charge is 0.137 e. The number of nitrogens with zero attached hydrogens (tertiary/aromatic N) is 1. The van der Waals surface area contributed by atoms with Gasteiger partial charge in [0.1, 0.15) is 11.6 Å². The highest BCUT2D eigenvalue weighted by Crippen LogP contribution is 2.20. The van der Waals surface area contributed by atoms with Crippen LogP contribution >= 0.6 is 22.6 Å². The van der Waals surface area contributed by atoms with Gasteiger partial charge in [-0.25, -0.2) is 9.37 Å². The number of rotatable bonds is 2. The third-order valence-electron chi connectivity index (χ3n) is 1.99. The van der Waals surface area contributed by atoms with Gasteiger partial charge in [-0.2, -0.15) is 0 Å². The molecular formula is C10H8FIN2O. The highest BCUT2D eigenvalue weighted by atomic mass is 127. The highest BCUT2D eigenvalue weighted by Gasteiger charge is 2.06. The molecule has 0 aliphatic heterocycles. The van der Waals surface area contributed by atoms with Gasteiger partial charge in [0, 0.05) is 9.13 Å². The summed E-state index contributed by atoms with van der Waals surface area (Å²) in [6.07, 6.45) is 1.53. The van der Waals surface area contributed by atoms with Crippen LogP contribution in [-0.4, -0.2) is 15.1 Å². The summed E-state index contributed by atoms with van der Waals surface area (Å²) in [5.41, 5.74) is 1.29. The Labute approximate surface area is 99.5 Å². The molecule has 1 aromatic heterocycles. The SMILES string of the molecule is OCc1cnc(-c2ccc(I)c(F)c2)[nH]1. The first-order chi connectivity index (χ1) is 7.20. The minimum atomic E-state index is -0.268. The van der Waals surface area contributed by atoms with E-state index in [1.54, 1.807) is 12.1 Å². The number of benzene rings is 1. The molecule has 0 atom stereocenters. The largest absolute Gasteiger partial charge is 0.390 e. The van der Waals surface area contributed by atoms with Crippen molar-refractivity contribution in [2.24, 2.45) is 0 Å². The second-order valence-corrected chi connectivity index (χ2v) is 4.21. The van der Waals surface area contributed by atoms with Crippen molar-refractivity contribution >= 4 is 22.6 Å². The molecule has 0 bridgehead atoms. The molecule has 0 fully saturated rings. The van der Waals surface area contributed by atoms with Gasteiger partial charge in [0.25, 0.3) is 0 Å². The third kappa shape index (κ3) is 2.18. The summed E-state index contributed by atoms with van der Waals surface area (Å²) in [4.78, 5) is 6.94. The molecule has 0 radical (unpaired) electrons. The summed E-state index contributed by atoms with van der Waals surface area (Å²) in [6.45, 7) is -0.0974. The van der Waals surface area contributed by atoms with E-state index in [2.05, 4.69) is 9.97 Å². The van der Waals surface area contributed by atoms with Crippen molar-refractivity contribution in [1.29, 1.82) is 0 Å². The molecule has 78 valence electrons. The number of aliphatic hydroxyl groups excluding tert-OH is 1. The van der Waals surface area contributed by atoms with Crippen LogP contribution in [0, 0.1) is 9.39 Å². The van der Waals surface area contributed by atoms with E-state index < -0.39 is 0 Å². The maximum Gasteiger partial charge on any atom is 0.137 e. The molecule has 0 aliphatic rings. The molecule has 0 aliphatic carbocycles. The molecule has 5 heteroatoms. The first-order valence-corrected chi connectivity index (χ1v) is 5.39. The molecule has 2 rings (SSSR count). The van der Waals surface area contributed by atoms with Crippen molar-refractivity contribution in [2.75, 3.05) is 0 Å². The molecule has 0 spiro atoms. The quantitative estimate of drug-likeness (QED) is 0.835. The number of aromatic nitrogens is 2. The number of hydrogen-bond acceptors (Lipinski definition) is 2. The maximum atomic E-state index is 13.3. The van der Waals surface area contributed by atoms with E-state index in [4.69, 9.17) is 5.11 Å². The van der Waals surface area contributed by atoms with Crippen LogP contribution in [0.15, 0.2) is 24.4 Å². The second-order valence-electron chi connectivity index (χ2n) is 3.04. The fourth-order valence-corrected chi connectivity index (χ4v) is 1.57. The predicted molar refractivity (Wildman–Crippen MR) is 62.6 cm³/mol. The Morgan fingerprint density at radius 1 is 1.47 bits per heavy atom. The van der Waals surface area contributed by atoms with Crippen LogP contribution < -0.4 is 0 Å². The minimum Gasteiger partial charge on any atom is -0.390 e. The number of aromatic amines is 1. The Kier molecular flexibility index (Phi) is 3.01. The van der Waals surface area contributed by atoms with Gasteiger partial charge in [-0.15, -0.1) is 0 Å². The Morgan fingerprint density at radius 3 is 2.87 bits per heavy atom. The van der Waals surface area contributed by atoms with Crippen LogP contribution in [-0.2, 0) is 6.61 Å². The van der Waals surface area contributed by atoms with E-state index in [9.17, 15) is 4.39 Å². The number of hydrogen-bond donors (Lipinski definition) is 2. The molecule has 0 amide bonds. The number of halogens is 2. The first-order valence-electron chi connectivity index (χ1n) is 4.31. The lowest BCUT2D eigenvalue weighted by molar-refractivity contribution is 0.277. The predicted octanol–water partition coefficient (Wildman–Crippen LogP) is 2.31. The van der Waals surface area contributed by atoms with Crippen molar-refractivity contribution in [3.8, 4) is 11.4 Å². The summed E-state index contributed by atoms with van der Waals surface area (Å²) in [5.74, 6) is 0.296. The Morgan fingerprint density at radius 2 is 2.27 bits per heavy atom. The summed E-state index contributed by atoms with van der Waals surface area (Å²) < 4.78 is 13.8. The Balaban J connectivity index is 2.40. The van der Waals surface area contributed by atoms with Gasteiger partial charge in [0.15, 0.2) is 0 Å². The van der Waals surface area contributed by atoms with Gasteiger partial charge in [-0.1, -0.05) is 6.07 Å². The molecule has 1 heterocycles. The summed E-state index contributed by atoms with van der Waals surface area (Å²) in [7, 11) is 0. The van der Waals surface area contributed by atoms with Gasteiger partial charge in [-0.05, 0) is 34.7 Å². The van der Waals surface area contributed by atoms with Crippen molar-refractivity contribution < 1.29 is 9.50 Å². The topological polar surface area (TPSA) is 48.9 Å². The van der Waals surface area contributed by atoms with Gasteiger partial charge in [-0.3, -0.25) is 0 Å². The number of nitrogens with one attached hydrogen (secondary N) is 1. The van der Waals surface area contributed by atoms with Gasteiger partial charge < -0.3 is 10.1 Å². The molecule has 0 saturated heterocycles. The fourth-order valence-electron chi connectivity index (χ4n) is 1.23. The Bertz CT molecular complexity index is 484. The minimum absolute atomic E-state index is 0.0974. The summed E-state index contributed by atoms with van der Waals surface area (Å²) >= 11 is 1.93. The Hall–Kier alpha value is -0.950. The summed E-state index contributed by atoms with van der Waals surface area (Å²) in [5, 5.41) is 8.85. The standard InChI is InChI=1S/C10H8FIN2O/c11-8-3-6(1-2-9(8)12)10-13-4-7(5-15)14-10/h1-4,15H,5H2,(H,13,14). The van der Waals surface area contributed by atoms with E-state index in [0.717, 1.165) is 0 Å². The molecule has 2 aromatic rings. The zero-order chi connectivity index (χ0) is 10.8. The third-order valence-corrected chi connectivity index (χ3v) is 2.87. The zero-order valence-electron chi connectivity index (χ0n) is 7.67. The van der Waals surface area contributed by atoms with Crippen LogP contribution in [0.2, 0.25) is 0 Å². The van der Waals surface area contributed by atoms with Crippen LogP contribution in [0.5, 0.6) is 0 Å². The van der Waals surface area contributed by atoms with Gasteiger partial charge in [0.2, 0.25) is 0 Å². The molecule has 2 N–H and O–H groups in total. The summed E-state index contributed by atoms with van der Waals surface area (Å²) in [6, 6.07) is 4.89. The van der Waals surface area contributed by atoms with E-state index in [1.165, 1.54) is 12.3 Å². The van der Waals surface area contributed by atoms with Crippen LogP contribution in [0.3, 0.4) is 0 Å². The maximum absolute atomic E-state index is 13.3. The van der Waals surface area contributed by atoms with Crippen LogP contribution in [0.1, 0.15) is 5.69 Å². The van der Waals surface area contributed by atoms with Gasteiger partial charge >= 0.3 is 0 Å². The number of imidazole rings is 1. The van der Waals surface area contributed by atoms with Crippen LogP contribution in [0.25, 0.3) is 11.4 Å². The second kappa shape index (κ2) is 4.28. The van der Waals surface area contributed by atoms with E-state index >= 15 is 0 Å². The van der Waals surface area contributed by atoms with E-state index in [0.29, 0.717) is 20.7 Å². The van der Waals surface area contributed by atoms with Crippen molar-refractivity contribution in [2.45, 2.75) is 6.61 Å². The number of H-pyrrole nitrogens is 1. The van der Waals surface area contributed by atoms with Crippen LogP contribution in [0.4, 0.5) is 4.39 Å². The van der Waals surface area contributed by atoms with Crippen molar-refractivity contribution in [3.05, 3.63) is 39.5 Å². The van der Waals surface area contributed by atoms with Crippen molar-refractivity contribution in [1.82, 2.24) is 9.97 Å². The fraction of sp³-hybridized carbons (Fsp3) is 0.100. The monoisotopic (exact) mass is 318 g/mol. The average molecular weight is 318 g/mol. The lowest BCUT2D eigenvalue weighted by atomic mass is 10.2. The molecule has 15 heavy (non-hydrogen) atoms. The number of aliphatic hydroxyl groups is 1. The lowest BCUT2D eigenvalue weighted by Gasteiger charge is -1.98. The molecule has 3 nitrogen and oxygen atoms in total. The first kappa shape index (κ1) is 10.6. The molecule has 0 saturated carbocycles. The van der Waals surface area contributed by atoms with Gasteiger partial charge in [0.05, 0.1) is 18.5 Å². The molecule has 0 unspecified atom stereocenters. The normalized spacial score (nSPS) is 10.6. The van der Waals surface area contributed by atoms with E-state index in [1.807, 2.05) is 22.6 Å².